The molecule has 2 aromatic rings. The van der Waals surface area contributed by atoms with Gasteiger partial charge in [-0.15, -0.1) is 0 Å². The minimum atomic E-state index is -0.386. The minimum Gasteiger partial charge on any atom is -0.457 e. The Morgan fingerprint density at radius 3 is 2.50 bits per heavy atom. The van der Waals surface area contributed by atoms with E-state index in [0.29, 0.717) is 15.7 Å². The van der Waals surface area contributed by atoms with Crippen LogP contribution in [0, 0.1) is 13.8 Å². The summed E-state index contributed by atoms with van der Waals surface area (Å²) in [6.45, 7) is 4.29. The summed E-state index contributed by atoms with van der Waals surface area (Å²) in [5, 5.41) is 0. The fourth-order valence-corrected chi connectivity index (χ4v) is 2.51. The maximum absolute atomic E-state index is 12.1. The summed E-state index contributed by atoms with van der Waals surface area (Å²) in [4.78, 5) is 12.1. The highest BCUT2D eigenvalue weighted by Crippen LogP contribution is 2.24. The normalized spacial score (nSPS) is 10.3. The number of aryl methyl sites for hydroxylation is 2. The number of nitrogen functional groups attached to an aromatic ring is 1. The molecule has 0 bridgehead atoms. The molecule has 0 radical (unpaired) electrons. The Bertz CT molecular complexity index is 633. The number of carbonyl (C=O) groups is 1. The minimum absolute atomic E-state index is 0.253. The Labute approximate surface area is 126 Å². The second-order valence-corrected chi connectivity index (χ2v) is 5.57. The van der Waals surface area contributed by atoms with Crippen LogP contribution in [0.1, 0.15) is 27.0 Å². The molecule has 0 aliphatic heterocycles. The van der Waals surface area contributed by atoms with Crippen LogP contribution in [0.25, 0.3) is 0 Å². The van der Waals surface area contributed by atoms with E-state index in [2.05, 4.69) is 22.0 Å². The van der Waals surface area contributed by atoms with Crippen LogP contribution in [-0.4, -0.2) is 5.97 Å². The first-order valence-corrected chi connectivity index (χ1v) is 7.05. The van der Waals surface area contributed by atoms with Crippen LogP contribution < -0.4 is 5.73 Å². The van der Waals surface area contributed by atoms with Crippen molar-refractivity contribution in [3.8, 4) is 0 Å². The van der Waals surface area contributed by atoms with Gasteiger partial charge in [-0.3, -0.25) is 0 Å². The predicted molar refractivity (Wildman–Crippen MR) is 83.6 cm³/mol. The molecule has 0 amide bonds. The molecular formula is C16H16BrNO2. The number of anilines is 1. The summed E-state index contributed by atoms with van der Waals surface area (Å²) < 4.78 is 5.91. The van der Waals surface area contributed by atoms with Crippen LogP contribution in [-0.2, 0) is 11.3 Å². The molecule has 104 valence electrons. The first-order chi connectivity index (χ1) is 9.47. The lowest BCUT2D eigenvalue weighted by atomic mass is 10.1. The fraction of sp³-hybridized carbons (Fsp3) is 0.188. The Balaban J connectivity index is 2.10. The monoisotopic (exact) mass is 333 g/mol. The summed E-state index contributed by atoms with van der Waals surface area (Å²) in [6, 6.07) is 11.2. The molecule has 2 N–H and O–H groups in total. The number of hydrogen-bond acceptors (Lipinski definition) is 3. The number of carbonyl (C=O) groups excluding carboxylic acids is 1. The first-order valence-electron chi connectivity index (χ1n) is 6.25. The lowest BCUT2D eigenvalue weighted by molar-refractivity contribution is 0.0471. The van der Waals surface area contributed by atoms with Crippen LogP contribution in [0.4, 0.5) is 5.69 Å². The standard InChI is InChI=1S/C16H16BrNO2/c1-10-6-11(2)8-12(7-10)9-20-16(19)13-4-3-5-14(18)15(13)17/h3-8H,9,18H2,1-2H3. The fourth-order valence-electron chi connectivity index (χ4n) is 2.09. The smallest absolute Gasteiger partial charge is 0.339 e. The summed E-state index contributed by atoms with van der Waals surface area (Å²) in [7, 11) is 0. The Kier molecular flexibility index (Phi) is 4.45. The van der Waals surface area contributed by atoms with E-state index in [0.717, 1.165) is 16.7 Å². The third kappa shape index (κ3) is 3.39. The van der Waals surface area contributed by atoms with Crippen molar-refractivity contribution in [1.82, 2.24) is 0 Å². The zero-order valence-electron chi connectivity index (χ0n) is 11.4. The molecule has 20 heavy (non-hydrogen) atoms. The maximum Gasteiger partial charge on any atom is 0.339 e. The van der Waals surface area contributed by atoms with Gasteiger partial charge in [0.2, 0.25) is 0 Å². The van der Waals surface area contributed by atoms with E-state index < -0.39 is 0 Å². The molecule has 2 rings (SSSR count). The van der Waals surface area contributed by atoms with E-state index >= 15 is 0 Å². The van der Waals surface area contributed by atoms with Gasteiger partial charge in [0.1, 0.15) is 6.61 Å². The zero-order chi connectivity index (χ0) is 14.7. The van der Waals surface area contributed by atoms with Crippen LogP contribution in [0.3, 0.4) is 0 Å². The molecule has 0 aromatic heterocycles. The van der Waals surface area contributed by atoms with Crippen molar-refractivity contribution in [2.24, 2.45) is 0 Å². The quantitative estimate of drug-likeness (QED) is 0.682. The number of hydrogen-bond donors (Lipinski definition) is 1. The van der Waals surface area contributed by atoms with Gasteiger partial charge in [0.05, 0.1) is 10.0 Å². The average Bonchev–Trinajstić information content (AvgIpc) is 2.38. The van der Waals surface area contributed by atoms with Gasteiger partial charge in [-0.25, -0.2) is 4.79 Å². The number of esters is 1. The Morgan fingerprint density at radius 2 is 1.85 bits per heavy atom. The van der Waals surface area contributed by atoms with Crippen LogP contribution >= 0.6 is 15.9 Å². The van der Waals surface area contributed by atoms with Crippen LogP contribution in [0.5, 0.6) is 0 Å². The van der Waals surface area contributed by atoms with E-state index in [1.165, 1.54) is 0 Å². The van der Waals surface area contributed by atoms with Crippen molar-refractivity contribution in [3.05, 3.63) is 63.1 Å². The SMILES string of the molecule is Cc1cc(C)cc(COC(=O)c2cccc(N)c2Br)c1. The van der Waals surface area contributed by atoms with Gasteiger partial charge in [-0.05, 0) is 47.5 Å². The molecule has 3 nitrogen and oxygen atoms in total. The molecule has 0 unspecified atom stereocenters. The second-order valence-electron chi connectivity index (χ2n) is 4.78. The summed E-state index contributed by atoms with van der Waals surface area (Å²) in [5.41, 5.74) is 10.00. The van der Waals surface area contributed by atoms with Crippen LogP contribution in [0.15, 0.2) is 40.9 Å². The van der Waals surface area contributed by atoms with Gasteiger partial charge < -0.3 is 10.5 Å². The number of halogens is 1. The van der Waals surface area contributed by atoms with E-state index in [9.17, 15) is 4.79 Å². The van der Waals surface area contributed by atoms with E-state index in [-0.39, 0.29) is 12.6 Å². The molecular weight excluding hydrogens is 318 g/mol. The van der Waals surface area contributed by atoms with E-state index in [4.69, 9.17) is 10.5 Å². The van der Waals surface area contributed by atoms with E-state index in [1.807, 2.05) is 26.0 Å². The Hall–Kier alpha value is -1.81. The van der Waals surface area contributed by atoms with Crippen molar-refractivity contribution in [2.75, 3.05) is 5.73 Å². The highest BCUT2D eigenvalue weighted by molar-refractivity contribution is 9.10. The topological polar surface area (TPSA) is 52.3 Å². The molecule has 2 aromatic carbocycles. The molecule has 0 aliphatic carbocycles. The van der Waals surface area contributed by atoms with Gasteiger partial charge in [-0.1, -0.05) is 35.4 Å². The Morgan fingerprint density at radius 1 is 1.20 bits per heavy atom. The van der Waals surface area contributed by atoms with Crippen molar-refractivity contribution in [1.29, 1.82) is 0 Å². The van der Waals surface area contributed by atoms with Gasteiger partial charge in [-0.2, -0.15) is 0 Å². The van der Waals surface area contributed by atoms with Gasteiger partial charge in [0.25, 0.3) is 0 Å². The van der Waals surface area contributed by atoms with Crippen LogP contribution in [0.2, 0.25) is 0 Å². The number of ether oxygens (including phenoxy) is 1. The number of benzene rings is 2. The van der Waals surface area contributed by atoms with Crippen molar-refractivity contribution in [3.63, 3.8) is 0 Å². The molecule has 0 saturated heterocycles. The third-order valence-corrected chi connectivity index (χ3v) is 3.78. The van der Waals surface area contributed by atoms with Crippen molar-refractivity contribution >= 4 is 27.6 Å². The van der Waals surface area contributed by atoms with Crippen molar-refractivity contribution < 1.29 is 9.53 Å². The molecule has 0 saturated carbocycles. The van der Waals surface area contributed by atoms with Crippen molar-refractivity contribution in [2.45, 2.75) is 20.5 Å². The molecule has 0 fully saturated rings. The molecule has 0 heterocycles. The molecule has 4 heteroatoms. The zero-order valence-corrected chi connectivity index (χ0v) is 13.0. The van der Waals surface area contributed by atoms with Gasteiger partial charge in [0.15, 0.2) is 0 Å². The lowest BCUT2D eigenvalue weighted by Crippen LogP contribution is -2.07. The average molecular weight is 334 g/mol. The molecule has 0 aliphatic rings. The lowest BCUT2D eigenvalue weighted by Gasteiger charge is -2.09. The summed E-state index contributed by atoms with van der Waals surface area (Å²) >= 11 is 3.30. The highest BCUT2D eigenvalue weighted by atomic mass is 79.9. The predicted octanol–water partition coefficient (Wildman–Crippen LogP) is 4.01. The summed E-state index contributed by atoms with van der Waals surface area (Å²) in [6.07, 6.45) is 0. The largest absolute Gasteiger partial charge is 0.457 e. The maximum atomic E-state index is 12.1. The van der Waals surface area contributed by atoms with E-state index in [1.54, 1.807) is 18.2 Å². The molecule has 0 atom stereocenters. The first kappa shape index (κ1) is 14.6. The highest BCUT2D eigenvalue weighted by Gasteiger charge is 2.13. The van der Waals surface area contributed by atoms with Gasteiger partial charge in [0, 0.05) is 5.69 Å². The molecule has 0 spiro atoms. The summed E-state index contributed by atoms with van der Waals surface area (Å²) in [5.74, 6) is -0.386. The number of rotatable bonds is 3. The second kappa shape index (κ2) is 6.09. The van der Waals surface area contributed by atoms with Gasteiger partial charge >= 0.3 is 5.97 Å². The number of nitrogens with two attached hydrogens (primary N) is 1. The third-order valence-electron chi connectivity index (χ3n) is 2.90.